The fourth-order valence-corrected chi connectivity index (χ4v) is 6.20. The first-order valence-corrected chi connectivity index (χ1v) is 15.0. The molecule has 0 saturated carbocycles. The lowest BCUT2D eigenvalue weighted by atomic mass is 9.91. The summed E-state index contributed by atoms with van der Waals surface area (Å²) in [5, 5.41) is 5.98. The van der Waals surface area contributed by atoms with Crippen LogP contribution in [0, 0.1) is 30.5 Å². The number of urea groups is 1. The molecule has 1 aliphatic rings. The maximum atomic E-state index is 14.1. The second-order valence-electron chi connectivity index (χ2n) is 11.7. The van der Waals surface area contributed by atoms with Crippen molar-refractivity contribution in [3.8, 4) is 0 Å². The molecule has 1 aliphatic heterocycles. The number of aromatic nitrogens is 1. The van der Waals surface area contributed by atoms with Gasteiger partial charge in [-0.15, -0.1) is 0 Å². The first kappa shape index (κ1) is 31.7. The van der Waals surface area contributed by atoms with E-state index in [-0.39, 0.29) is 24.1 Å². The quantitative estimate of drug-likeness (QED) is 0.333. The van der Waals surface area contributed by atoms with Crippen molar-refractivity contribution in [3.05, 3.63) is 46.2 Å². The van der Waals surface area contributed by atoms with Crippen LogP contribution in [0.3, 0.4) is 0 Å². The highest BCUT2D eigenvalue weighted by molar-refractivity contribution is 7.17. The Kier molecular flexibility index (Phi) is 11.6. The summed E-state index contributed by atoms with van der Waals surface area (Å²) in [5.74, 6) is 0.675. The van der Waals surface area contributed by atoms with Crippen molar-refractivity contribution in [2.45, 2.75) is 66.8 Å². The number of hydrogen-bond donors (Lipinski definition) is 2. The van der Waals surface area contributed by atoms with Crippen molar-refractivity contribution in [1.82, 2.24) is 20.1 Å². The molecule has 2 atom stereocenters. The van der Waals surface area contributed by atoms with E-state index >= 15 is 0 Å². The molecule has 2 N–H and O–H groups in total. The number of likely N-dealkylation sites (tertiary alicyclic amines) is 1. The van der Waals surface area contributed by atoms with Crippen LogP contribution in [0.2, 0.25) is 0 Å². The van der Waals surface area contributed by atoms with Gasteiger partial charge < -0.3 is 10.2 Å². The molecular formula is C30H44FN5O3S. The van der Waals surface area contributed by atoms with Crippen LogP contribution in [0.15, 0.2) is 24.3 Å². The zero-order valence-corrected chi connectivity index (χ0v) is 25.4. The molecule has 220 valence electrons. The highest BCUT2D eigenvalue weighted by Gasteiger charge is 2.33. The van der Waals surface area contributed by atoms with E-state index in [9.17, 15) is 18.8 Å². The van der Waals surface area contributed by atoms with Crippen molar-refractivity contribution in [2.24, 2.45) is 17.8 Å². The van der Waals surface area contributed by atoms with E-state index in [1.165, 1.54) is 19.1 Å². The molecule has 2 unspecified atom stereocenters. The SMILES string of the molecule is CC(=O)c1sc(NC(=O)NCC(C(=O)N2CCCC(Cc3ccc(F)cc3)C2)N(CC(C)C)CC(C)C)nc1C. The third-order valence-electron chi connectivity index (χ3n) is 6.99. The molecule has 1 fully saturated rings. The van der Waals surface area contributed by atoms with Crippen molar-refractivity contribution >= 4 is 34.2 Å². The van der Waals surface area contributed by atoms with Crippen molar-refractivity contribution in [2.75, 3.05) is 38.0 Å². The molecule has 0 bridgehead atoms. The minimum Gasteiger partial charge on any atom is -0.341 e. The van der Waals surface area contributed by atoms with Crippen LogP contribution in [-0.2, 0) is 11.2 Å². The molecule has 1 saturated heterocycles. The minimum absolute atomic E-state index is 0.0226. The van der Waals surface area contributed by atoms with E-state index in [1.807, 2.05) is 17.0 Å². The molecule has 40 heavy (non-hydrogen) atoms. The highest BCUT2D eigenvalue weighted by atomic mass is 32.1. The van der Waals surface area contributed by atoms with Gasteiger partial charge in [-0.05, 0) is 61.6 Å². The average Bonchev–Trinajstić information content (AvgIpc) is 3.24. The Hall–Kier alpha value is -2.85. The molecule has 3 amide bonds. The average molecular weight is 574 g/mol. The second kappa shape index (κ2) is 14.7. The molecule has 10 heteroatoms. The van der Waals surface area contributed by atoms with Gasteiger partial charge in [-0.3, -0.25) is 19.8 Å². The Bertz CT molecular complexity index is 1140. The Labute approximate surface area is 241 Å². The number of aryl methyl sites for hydroxylation is 1. The number of amides is 3. The first-order chi connectivity index (χ1) is 18.9. The van der Waals surface area contributed by atoms with Gasteiger partial charge in [-0.1, -0.05) is 51.2 Å². The number of piperidine rings is 1. The molecule has 0 radical (unpaired) electrons. The molecule has 0 aliphatic carbocycles. The van der Waals surface area contributed by atoms with Crippen LogP contribution in [-0.4, -0.2) is 71.3 Å². The lowest BCUT2D eigenvalue weighted by Crippen LogP contribution is -2.57. The Morgan fingerprint density at radius 2 is 1.77 bits per heavy atom. The lowest BCUT2D eigenvalue weighted by Gasteiger charge is -2.39. The maximum Gasteiger partial charge on any atom is 0.321 e. The third kappa shape index (κ3) is 9.37. The molecule has 1 aromatic carbocycles. The van der Waals surface area contributed by atoms with Crippen LogP contribution in [0.25, 0.3) is 0 Å². The smallest absolute Gasteiger partial charge is 0.321 e. The number of carbonyl (C=O) groups is 3. The van der Waals surface area contributed by atoms with Gasteiger partial charge in [0.15, 0.2) is 10.9 Å². The Morgan fingerprint density at radius 1 is 1.12 bits per heavy atom. The van der Waals surface area contributed by atoms with E-state index in [0.717, 1.165) is 49.3 Å². The molecule has 2 heterocycles. The topological polar surface area (TPSA) is 94.6 Å². The Balaban J connectivity index is 1.73. The number of rotatable bonds is 12. The molecule has 0 spiro atoms. The van der Waals surface area contributed by atoms with Gasteiger partial charge in [0.05, 0.1) is 10.6 Å². The highest BCUT2D eigenvalue weighted by Crippen LogP contribution is 2.24. The van der Waals surface area contributed by atoms with E-state index in [1.54, 1.807) is 6.92 Å². The fourth-order valence-electron chi connectivity index (χ4n) is 5.34. The van der Waals surface area contributed by atoms with Gasteiger partial charge in [-0.25, -0.2) is 14.2 Å². The normalized spacial score (nSPS) is 16.4. The number of halogens is 1. The molecule has 2 aromatic rings. The van der Waals surface area contributed by atoms with E-state index in [2.05, 4.69) is 48.2 Å². The zero-order chi connectivity index (χ0) is 29.4. The fraction of sp³-hybridized carbons (Fsp3) is 0.600. The third-order valence-corrected chi connectivity index (χ3v) is 8.16. The first-order valence-electron chi connectivity index (χ1n) is 14.2. The minimum atomic E-state index is -0.508. The zero-order valence-electron chi connectivity index (χ0n) is 24.6. The van der Waals surface area contributed by atoms with Crippen LogP contribution in [0.4, 0.5) is 14.3 Å². The largest absolute Gasteiger partial charge is 0.341 e. The lowest BCUT2D eigenvalue weighted by molar-refractivity contribution is -0.139. The monoisotopic (exact) mass is 573 g/mol. The van der Waals surface area contributed by atoms with Crippen molar-refractivity contribution in [1.29, 1.82) is 0 Å². The number of benzene rings is 1. The standard InChI is InChI=1S/C30H44FN5O3S/c1-19(2)16-36(17-20(3)4)26(15-32-29(39)34-30-33-21(5)27(40-30)22(6)37)28(38)35-13-7-8-24(18-35)14-23-9-11-25(31)12-10-23/h9-12,19-20,24,26H,7-8,13-18H2,1-6H3,(H2,32,33,34,39). The van der Waals surface area contributed by atoms with Gasteiger partial charge in [0, 0.05) is 39.6 Å². The van der Waals surface area contributed by atoms with E-state index in [4.69, 9.17) is 0 Å². The summed E-state index contributed by atoms with van der Waals surface area (Å²) in [7, 11) is 0. The summed E-state index contributed by atoms with van der Waals surface area (Å²) in [6.07, 6.45) is 2.73. The Morgan fingerprint density at radius 3 is 2.35 bits per heavy atom. The summed E-state index contributed by atoms with van der Waals surface area (Å²) in [4.78, 5) is 47.6. The molecule has 3 rings (SSSR count). The predicted octanol–water partition coefficient (Wildman–Crippen LogP) is 5.38. The van der Waals surface area contributed by atoms with Crippen molar-refractivity contribution in [3.63, 3.8) is 0 Å². The van der Waals surface area contributed by atoms with Gasteiger partial charge in [0.25, 0.3) is 0 Å². The van der Waals surface area contributed by atoms with Crippen LogP contribution in [0.5, 0.6) is 0 Å². The van der Waals surface area contributed by atoms with Gasteiger partial charge in [-0.2, -0.15) is 0 Å². The van der Waals surface area contributed by atoms with Crippen LogP contribution >= 0.6 is 11.3 Å². The number of anilines is 1. The van der Waals surface area contributed by atoms with Gasteiger partial charge in [0.1, 0.15) is 11.9 Å². The summed E-state index contributed by atoms with van der Waals surface area (Å²) in [5.41, 5.74) is 1.66. The van der Waals surface area contributed by atoms with Crippen molar-refractivity contribution < 1.29 is 18.8 Å². The number of ketones is 1. The number of nitrogens with zero attached hydrogens (tertiary/aromatic N) is 3. The number of Topliss-reactive ketones (excluding diaryl/α,β-unsaturated/α-hetero) is 1. The van der Waals surface area contributed by atoms with Crippen LogP contribution < -0.4 is 10.6 Å². The molecule has 1 aromatic heterocycles. The van der Waals surface area contributed by atoms with E-state index < -0.39 is 12.1 Å². The number of hydrogen-bond acceptors (Lipinski definition) is 6. The molecular weight excluding hydrogens is 529 g/mol. The maximum absolute atomic E-state index is 14.1. The second-order valence-corrected chi connectivity index (χ2v) is 12.7. The summed E-state index contributed by atoms with van der Waals surface area (Å²) in [6, 6.07) is 5.64. The summed E-state index contributed by atoms with van der Waals surface area (Å²) >= 11 is 1.14. The number of thiazole rings is 1. The molecule has 8 nitrogen and oxygen atoms in total. The summed E-state index contributed by atoms with van der Waals surface area (Å²) < 4.78 is 13.4. The van der Waals surface area contributed by atoms with Gasteiger partial charge in [0.2, 0.25) is 5.91 Å². The predicted molar refractivity (Wildman–Crippen MR) is 158 cm³/mol. The number of nitrogens with one attached hydrogen (secondary N) is 2. The van der Waals surface area contributed by atoms with Gasteiger partial charge >= 0.3 is 6.03 Å². The van der Waals surface area contributed by atoms with Crippen LogP contribution in [0.1, 0.15) is 68.4 Å². The van der Waals surface area contributed by atoms with E-state index in [0.29, 0.717) is 46.5 Å². The number of carbonyl (C=O) groups excluding carboxylic acids is 3. The summed E-state index contributed by atoms with van der Waals surface area (Å²) in [6.45, 7) is 14.7.